The lowest BCUT2D eigenvalue weighted by Crippen LogP contribution is -2.10. The topological polar surface area (TPSA) is 27.2 Å². The highest BCUT2D eigenvalue weighted by molar-refractivity contribution is 6.21. The summed E-state index contributed by atoms with van der Waals surface area (Å²) in [5, 5.41) is 7.20. The Labute approximate surface area is 512 Å². The van der Waals surface area contributed by atoms with Crippen LogP contribution < -0.4 is 9.80 Å². The minimum absolute atomic E-state index is 1.06. The van der Waals surface area contributed by atoms with Crippen molar-refractivity contribution in [2.75, 3.05) is 9.80 Å². The average Bonchev–Trinajstić information content (AvgIpc) is 1.48. The Kier molecular flexibility index (Phi) is 13.2. The lowest BCUT2D eigenvalue weighted by molar-refractivity contribution is 1.13. The highest BCUT2D eigenvalue weighted by atomic mass is 15.1. The molecule has 0 unspecified atom stereocenters. The van der Waals surface area contributed by atoms with E-state index < -0.39 is 0 Å². The molecule has 2 aromatic heterocycles. The minimum Gasteiger partial charge on any atom is -0.354 e. The van der Waals surface area contributed by atoms with Gasteiger partial charge in [-0.1, -0.05) is 261 Å². The molecule has 16 rings (SSSR count). The van der Waals surface area contributed by atoms with Gasteiger partial charge in [0, 0.05) is 67.2 Å². The fourth-order valence-corrected chi connectivity index (χ4v) is 13.4. The number of nitrogens with zero attached hydrogens (tertiary/aromatic N) is 3. The van der Waals surface area contributed by atoms with Crippen LogP contribution in [-0.2, 0) is 0 Å². The summed E-state index contributed by atoms with van der Waals surface area (Å²) in [6, 6.07) is 125. The number of fused-ring (bicyclic) bond motifs is 4. The standard InChI is InChI=1S/C84H58N4/c1-8-26-58(27-9-1)81-75-54-52-69(56-77(75)85-83(81)62-30-12-3-13-31-62)86(64-34-16-5-17-35-64)67-48-44-60(45-49-67)79-71-40-22-24-42-73(71)80(74-43-25-23-41-72(74)79)61-46-50-68(51-47-61)87(65-36-18-6-19-37-65)70-53-55-76-78(57-70)88(66-38-20-7-21-39-66)84(63-32-14-4-15-33-63)82(76)59-28-10-2-11-29-59/h1-57,85H. The molecule has 0 spiro atoms. The summed E-state index contributed by atoms with van der Waals surface area (Å²) in [6.07, 6.45) is 0. The summed E-state index contributed by atoms with van der Waals surface area (Å²) in [4.78, 5) is 8.62. The second-order valence-corrected chi connectivity index (χ2v) is 22.4. The van der Waals surface area contributed by atoms with Crippen molar-refractivity contribution in [1.82, 2.24) is 9.55 Å². The van der Waals surface area contributed by atoms with E-state index in [1.807, 2.05) is 0 Å². The van der Waals surface area contributed by atoms with E-state index in [0.717, 1.165) is 84.5 Å². The number of rotatable bonds is 13. The molecule has 2 heterocycles. The maximum atomic E-state index is 3.87. The van der Waals surface area contributed by atoms with Gasteiger partial charge >= 0.3 is 0 Å². The van der Waals surface area contributed by atoms with Gasteiger partial charge in [-0.25, -0.2) is 0 Å². The maximum Gasteiger partial charge on any atom is 0.0619 e. The number of hydrogen-bond donors (Lipinski definition) is 1. The van der Waals surface area contributed by atoms with Crippen LogP contribution in [0.3, 0.4) is 0 Å². The third kappa shape index (κ3) is 9.19. The Morgan fingerprint density at radius 3 is 1.03 bits per heavy atom. The Balaban J connectivity index is 0.794. The summed E-state index contributed by atoms with van der Waals surface area (Å²) in [7, 11) is 0. The number of aromatic nitrogens is 2. The molecule has 0 fully saturated rings. The smallest absolute Gasteiger partial charge is 0.0619 e. The fraction of sp³-hybridized carbons (Fsp3) is 0. The molecule has 0 aliphatic rings. The Bertz CT molecular complexity index is 5080. The molecule has 0 bridgehead atoms. The van der Waals surface area contributed by atoms with Gasteiger partial charge in [0.05, 0.1) is 16.9 Å². The van der Waals surface area contributed by atoms with Crippen LogP contribution in [0.2, 0.25) is 0 Å². The van der Waals surface area contributed by atoms with Crippen molar-refractivity contribution in [2.45, 2.75) is 0 Å². The number of anilines is 6. The molecule has 0 amide bonds. The largest absolute Gasteiger partial charge is 0.354 e. The molecule has 0 saturated carbocycles. The first-order valence-electron chi connectivity index (χ1n) is 30.2. The fourth-order valence-electron chi connectivity index (χ4n) is 13.4. The van der Waals surface area contributed by atoms with Crippen LogP contribution in [0, 0.1) is 0 Å². The zero-order valence-electron chi connectivity index (χ0n) is 48.3. The first-order chi connectivity index (χ1) is 43.7. The Morgan fingerprint density at radius 1 is 0.227 bits per heavy atom. The summed E-state index contributed by atoms with van der Waals surface area (Å²) in [5.74, 6) is 0. The van der Waals surface area contributed by atoms with Gasteiger partial charge in [-0.3, -0.25) is 0 Å². The van der Waals surface area contributed by atoms with E-state index in [4.69, 9.17) is 0 Å². The van der Waals surface area contributed by atoms with Crippen LogP contribution in [0.1, 0.15) is 0 Å². The molecule has 4 nitrogen and oxygen atoms in total. The summed E-state index contributed by atoms with van der Waals surface area (Å²) in [5.41, 5.74) is 23.9. The SMILES string of the molecule is c1ccc(-c2[nH]c3cc(N(c4ccccc4)c4ccc(-c5c6ccccc6c(-c6ccc(N(c7ccccc7)c7ccc8c(-c9ccccc9)c(-c9ccccc9)n(-c9ccccc9)c8c7)cc6)c6ccccc56)cc4)ccc3c2-c2ccccc2)cc1. The van der Waals surface area contributed by atoms with E-state index in [1.54, 1.807) is 0 Å². The van der Waals surface area contributed by atoms with Gasteiger partial charge in [-0.15, -0.1) is 0 Å². The van der Waals surface area contributed by atoms with Crippen molar-refractivity contribution in [3.05, 3.63) is 346 Å². The molecule has 1 N–H and O–H groups in total. The molecule has 88 heavy (non-hydrogen) atoms. The van der Waals surface area contributed by atoms with E-state index in [0.29, 0.717) is 0 Å². The van der Waals surface area contributed by atoms with Crippen molar-refractivity contribution in [3.63, 3.8) is 0 Å². The lowest BCUT2D eigenvalue weighted by Gasteiger charge is -2.26. The molecular weight excluding hydrogens is 1060 g/mol. The van der Waals surface area contributed by atoms with Gasteiger partial charge in [0.2, 0.25) is 0 Å². The van der Waals surface area contributed by atoms with Crippen molar-refractivity contribution in [3.8, 4) is 72.7 Å². The summed E-state index contributed by atoms with van der Waals surface area (Å²) >= 11 is 0. The Hall–Kier alpha value is -11.7. The first kappa shape index (κ1) is 51.9. The highest BCUT2D eigenvalue weighted by Crippen LogP contribution is 2.49. The van der Waals surface area contributed by atoms with Crippen molar-refractivity contribution in [2.24, 2.45) is 0 Å². The number of para-hydroxylation sites is 3. The van der Waals surface area contributed by atoms with E-state index in [9.17, 15) is 0 Å². The van der Waals surface area contributed by atoms with Gasteiger partial charge in [0.15, 0.2) is 0 Å². The molecule has 0 atom stereocenters. The van der Waals surface area contributed by atoms with Crippen LogP contribution in [0.15, 0.2) is 346 Å². The predicted molar refractivity (Wildman–Crippen MR) is 372 cm³/mol. The summed E-state index contributed by atoms with van der Waals surface area (Å²) in [6.45, 7) is 0. The molecule has 0 aliphatic heterocycles. The van der Waals surface area contributed by atoms with Crippen molar-refractivity contribution in [1.29, 1.82) is 0 Å². The molecule has 0 radical (unpaired) electrons. The number of hydrogen-bond acceptors (Lipinski definition) is 2. The zero-order chi connectivity index (χ0) is 58.3. The second kappa shape index (κ2) is 22.4. The van der Waals surface area contributed by atoms with Crippen LogP contribution in [-0.4, -0.2) is 9.55 Å². The molecule has 0 saturated heterocycles. The molecular formula is C84H58N4. The van der Waals surface area contributed by atoms with E-state index in [1.165, 1.54) is 65.7 Å². The van der Waals surface area contributed by atoms with Gasteiger partial charge < -0.3 is 19.4 Å². The predicted octanol–water partition coefficient (Wildman–Crippen LogP) is 23.4. The molecule has 4 heteroatoms. The second-order valence-electron chi connectivity index (χ2n) is 22.4. The third-order valence-electron chi connectivity index (χ3n) is 17.3. The maximum absolute atomic E-state index is 3.87. The normalized spacial score (nSPS) is 11.4. The number of H-pyrrole nitrogens is 1. The lowest BCUT2D eigenvalue weighted by atomic mass is 9.86. The van der Waals surface area contributed by atoms with Crippen LogP contribution in [0.25, 0.3) is 116 Å². The number of nitrogens with one attached hydrogen (secondary N) is 1. The van der Waals surface area contributed by atoms with Crippen molar-refractivity contribution < 1.29 is 0 Å². The monoisotopic (exact) mass is 1120 g/mol. The van der Waals surface area contributed by atoms with Crippen LogP contribution >= 0.6 is 0 Å². The highest BCUT2D eigenvalue weighted by Gasteiger charge is 2.25. The first-order valence-corrected chi connectivity index (χ1v) is 30.2. The third-order valence-corrected chi connectivity index (χ3v) is 17.3. The van der Waals surface area contributed by atoms with Gasteiger partial charge in [-0.2, -0.15) is 0 Å². The molecule has 414 valence electrons. The van der Waals surface area contributed by atoms with Gasteiger partial charge in [0.25, 0.3) is 0 Å². The van der Waals surface area contributed by atoms with Gasteiger partial charge in [0.1, 0.15) is 0 Å². The van der Waals surface area contributed by atoms with E-state index in [-0.39, 0.29) is 0 Å². The number of benzene rings is 14. The summed E-state index contributed by atoms with van der Waals surface area (Å²) < 4.78 is 2.45. The van der Waals surface area contributed by atoms with Crippen LogP contribution in [0.5, 0.6) is 0 Å². The van der Waals surface area contributed by atoms with Crippen molar-refractivity contribution >= 4 is 77.5 Å². The average molecular weight is 1120 g/mol. The molecule has 16 aromatic rings. The quantitative estimate of drug-likeness (QED) is 0.117. The van der Waals surface area contributed by atoms with E-state index in [2.05, 4.69) is 365 Å². The Morgan fingerprint density at radius 2 is 0.568 bits per heavy atom. The minimum atomic E-state index is 1.06. The molecule has 0 aliphatic carbocycles. The van der Waals surface area contributed by atoms with E-state index >= 15 is 0 Å². The van der Waals surface area contributed by atoms with Gasteiger partial charge in [-0.05, 0) is 151 Å². The number of aromatic amines is 1. The van der Waals surface area contributed by atoms with Crippen LogP contribution in [0.4, 0.5) is 34.1 Å². The molecule has 14 aromatic carbocycles. The zero-order valence-corrected chi connectivity index (χ0v) is 48.3.